The van der Waals surface area contributed by atoms with Crippen LogP contribution in [-0.4, -0.2) is 26.3 Å². The molecule has 16 heavy (non-hydrogen) atoms. The van der Waals surface area contributed by atoms with Crippen molar-refractivity contribution in [3.05, 3.63) is 11.1 Å². The molecule has 1 saturated heterocycles. The van der Waals surface area contributed by atoms with E-state index in [0.29, 0.717) is 11.2 Å². The summed E-state index contributed by atoms with van der Waals surface area (Å²) in [6.45, 7) is 1.03. The van der Waals surface area contributed by atoms with Gasteiger partial charge in [0.1, 0.15) is 5.82 Å². The predicted octanol–water partition coefficient (Wildman–Crippen LogP) is 2.95. The fourth-order valence-electron chi connectivity index (χ4n) is 2.29. The highest BCUT2D eigenvalue weighted by Gasteiger charge is 2.30. The van der Waals surface area contributed by atoms with Crippen molar-refractivity contribution in [1.29, 1.82) is 0 Å². The molecule has 1 aromatic heterocycles. The van der Waals surface area contributed by atoms with E-state index in [1.54, 1.807) is 0 Å². The van der Waals surface area contributed by atoms with Gasteiger partial charge in [0.05, 0.1) is 0 Å². The van der Waals surface area contributed by atoms with Crippen molar-refractivity contribution in [2.24, 2.45) is 5.92 Å². The van der Waals surface area contributed by atoms with E-state index in [2.05, 4.69) is 26.5 Å². The third-order valence-corrected chi connectivity index (χ3v) is 4.79. The standard InChI is InChI=1S/C11H16ClN3S/c12-11-14-13-10(9-1-2-9)15(11)7-8-3-5-16-6-4-8/h8-9H,1-7H2. The van der Waals surface area contributed by atoms with Gasteiger partial charge >= 0.3 is 0 Å². The lowest BCUT2D eigenvalue weighted by Gasteiger charge is -2.22. The fraction of sp³-hybridized carbons (Fsp3) is 0.818. The molecule has 0 N–H and O–H groups in total. The zero-order chi connectivity index (χ0) is 11.0. The normalized spacial score (nSPS) is 22.6. The lowest BCUT2D eigenvalue weighted by Crippen LogP contribution is -2.17. The Hall–Kier alpha value is -0.220. The van der Waals surface area contributed by atoms with Gasteiger partial charge in [0.25, 0.3) is 0 Å². The van der Waals surface area contributed by atoms with Gasteiger partial charge in [0.15, 0.2) is 0 Å². The molecule has 1 aliphatic heterocycles. The van der Waals surface area contributed by atoms with Crippen LogP contribution in [-0.2, 0) is 6.54 Å². The minimum Gasteiger partial charge on any atom is -0.301 e. The predicted molar refractivity (Wildman–Crippen MR) is 67.1 cm³/mol. The number of aromatic nitrogens is 3. The van der Waals surface area contributed by atoms with E-state index >= 15 is 0 Å². The first kappa shape index (κ1) is 10.9. The first-order valence-corrected chi connectivity index (χ1v) is 7.54. The molecule has 0 aromatic carbocycles. The highest BCUT2D eigenvalue weighted by atomic mass is 35.5. The maximum absolute atomic E-state index is 6.12. The summed E-state index contributed by atoms with van der Waals surface area (Å²) in [4.78, 5) is 0. The van der Waals surface area contributed by atoms with E-state index in [1.165, 1.54) is 37.2 Å². The Balaban J connectivity index is 1.74. The lowest BCUT2D eigenvalue weighted by atomic mass is 10.0. The van der Waals surface area contributed by atoms with Crippen LogP contribution >= 0.6 is 23.4 Å². The molecule has 2 aliphatic rings. The van der Waals surface area contributed by atoms with Gasteiger partial charge in [-0.05, 0) is 54.7 Å². The molecule has 3 nitrogen and oxygen atoms in total. The Bertz CT molecular complexity index is 369. The maximum Gasteiger partial charge on any atom is 0.225 e. The molecule has 2 fully saturated rings. The molecule has 0 amide bonds. The molecule has 5 heteroatoms. The fourth-order valence-corrected chi connectivity index (χ4v) is 3.69. The number of nitrogens with zero attached hydrogens (tertiary/aromatic N) is 3. The van der Waals surface area contributed by atoms with Gasteiger partial charge in [0, 0.05) is 12.5 Å². The van der Waals surface area contributed by atoms with E-state index in [9.17, 15) is 0 Å². The summed E-state index contributed by atoms with van der Waals surface area (Å²) < 4.78 is 2.15. The van der Waals surface area contributed by atoms with Crippen LogP contribution in [0.2, 0.25) is 5.28 Å². The van der Waals surface area contributed by atoms with Crippen LogP contribution < -0.4 is 0 Å². The molecule has 1 aromatic rings. The maximum atomic E-state index is 6.12. The van der Waals surface area contributed by atoms with Crippen molar-refractivity contribution in [3.8, 4) is 0 Å². The first-order valence-electron chi connectivity index (χ1n) is 6.01. The Labute approximate surface area is 105 Å². The molecule has 2 heterocycles. The molecule has 88 valence electrons. The Kier molecular flexibility index (Phi) is 3.11. The molecule has 1 saturated carbocycles. The summed E-state index contributed by atoms with van der Waals surface area (Å²) in [6.07, 6.45) is 5.14. The zero-order valence-electron chi connectivity index (χ0n) is 9.23. The van der Waals surface area contributed by atoms with E-state index in [0.717, 1.165) is 18.3 Å². The number of thioether (sulfide) groups is 1. The van der Waals surface area contributed by atoms with Gasteiger partial charge in [-0.25, -0.2) is 0 Å². The van der Waals surface area contributed by atoms with E-state index in [1.807, 2.05) is 0 Å². The molecule has 0 unspecified atom stereocenters. The highest BCUT2D eigenvalue weighted by molar-refractivity contribution is 7.99. The Morgan fingerprint density at radius 1 is 1.19 bits per heavy atom. The van der Waals surface area contributed by atoms with Crippen LogP contribution in [0, 0.1) is 5.92 Å². The monoisotopic (exact) mass is 257 g/mol. The van der Waals surface area contributed by atoms with E-state index in [4.69, 9.17) is 11.6 Å². The second-order valence-corrected chi connectivity index (χ2v) is 6.33. The zero-order valence-corrected chi connectivity index (χ0v) is 10.8. The van der Waals surface area contributed by atoms with Gasteiger partial charge in [-0.3, -0.25) is 0 Å². The average molecular weight is 258 g/mol. The van der Waals surface area contributed by atoms with Gasteiger partial charge in [0.2, 0.25) is 5.28 Å². The van der Waals surface area contributed by atoms with E-state index in [-0.39, 0.29) is 0 Å². The molecule has 0 atom stereocenters. The molecule has 0 bridgehead atoms. The number of hydrogen-bond donors (Lipinski definition) is 0. The van der Waals surface area contributed by atoms with Crippen molar-refractivity contribution in [3.63, 3.8) is 0 Å². The van der Waals surface area contributed by atoms with Gasteiger partial charge in [-0.2, -0.15) is 11.8 Å². The highest BCUT2D eigenvalue weighted by Crippen LogP contribution is 2.40. The summed E-state index contributed by atoms with van der Waals surface area (Å²) in [5.41, 5.74) is 0. The van der Waals surface area contributed by atoms with Crippen molar-refractivity contribution >= 4 is 23.4 Å². The van der Waals surface area contributed by atoms with Crippen LogP contribution in [0.25, 0.3) is 0 Å². The van der Waals surface area contributed by atoms with Gasteiger partial charge < -0.3 is 4.57 Å². The van der Waals surface area contributed by atoms with E-state index < -0.39 is 0 Å². The van der Waals surface area contributed by atoms with Crippen LogP contribution in [0.1, 0.15) is 37.4 Å². The first-order chi connectivity index (χ1) is 7.84. The minimum atomic E-state index is 0.583. The Morgan fingerprint density at radius 2 is 1.94 bits per heavy atom. The summed E-state index contributed by atoms with van der Waals surface area (Å²) in [5, 5.41) is 8.82. The van der Waals surface area contributed by atoms with Crippen LogP contribution in [0.3, 0.4) is 0 Å². The smallest absolute Gasteiger partial charge is 0.225 e. The largest absolute Gasteiger partial charge is 0.301 e. The Morgan fingerprint density at radius 3 is 2.62 bits per heavy atom. The third-order valence-electron chi connectivity index (χ3n) is 3.46. The second-order valence-electron chi connectivity index (χ2n) is 4.77. The second kappa shape index (κ2) is 4.57. The number of hydrogen-bond acceptors (Lipinski definition) is 3. The lowest BCUT2D eigenvalue weighted by molar-refractivity contribution is 0.409. The SMILES string of the molecule is Clc1nnc(C2CC2)n1CC1CCSCC1. The minimum absolute atomic E-state index is 0.583. The summed E-state index contributed by atoms with van der Waals surface area (Å²) >= 11 is 8.19. The van der Waals surface area contributed by atoms with Crippen LogP contribution in [0.15, 0.2) is 0 Å². The third kappa shape index (κ3) is 2.23. The summed E-state index contributed by atoms with van der Waals surface area (Å²) in [7, 11) is 0. The van der Waals surface area contributed by atoms with Crippen LogP contribution in [0.4, 0.5) is 0 Å². The van der Waals surface area contributed by atoms with Crippen molar-refractivity contribution in [2.45, 2.75) is 38.1 Å². The summed E-state index contributed by atoms with van der Waals surface area (Å²) in [5.74, 6) is 5.13. The molecule has 3 rings (SSSR count). The molecule has 1 aliphatic carbocycles. The van der Waals surface area contributed by atoms with Crippen molar-refractivity contribution < 1.29 is 0 Å². The number of halogens is 1. The van der Waals surface area contributed by atoms with Crippen LogP contribution in [0.5, 0.6) is 0 Å². The molecule has 0 radical (unpaired) electrons. The summed E-state index contributed by atoms with van der Waals surface area (Å²) in [6, 6.07) is 0. The van der Waals surface area contributed by atoms with Crippen molar-refractivity contribution in [2.75, 3.05) is 11.5 Å². The quantitative estimate of drug-likeness (QED) is 0.834. The van der Waals surface area contributed by atoms with Gasteiger partial charge in [-0.1, -0.05) is 0 Å². The topological polar surface area (TPSA) is 30.7 Å². The molecular formula is C11H16ClN3S. The molecular weight excluding hydrogens is 242 g/mol. The van der Waals surface area contributed by atoms with Crippen molar-refractivity contribution in [1.82, 2.24) is 14.8 Å². The molecule has 0 spiro atoms. The van der Waals surface area contributed by atoms with Gasteiger partial charge in [-0.15, -0.1) is 10.2 Å². The number of rotatable bonds is 3. The average Bonchev–Trinajstić information content (AvgIpc) is 3.08.